The Morgan fingerprint density at radius 1 is 0.511 bits per heavy atom. The highest BCUT2D eigenvalue weighted by Gasteiger charge is 2.21. The first-order valence-corrected chi connectivity index (χ1v) is 16.0. The summed E-state index contributed by atoms with van der Waals surface area (Å²) in [5.41, 5.74) is 10.7. The van der Waals surface area contributed by atoms with E-state index in [1.54, 1.807) is 0 Å². The maximum atomic E-state index is 6.20. The molecular weight excluding hydrogens is 574 g/mol. The van der Waals surface area contributed by atoms with Gasteiger partial charge < -0.3 is 4.42 Å². The van der Waals surface area contributed by atoms with E-state index in [1.807, 2.05) is 24.3 Å². The highest BCUT2D eigenvalue weighted by molar-refractivity contribution is 6.12. The first-order valence-electron chi connectivity index (χ1n) is 16.0. The number of para-hydroxylation sites is 1. The molecule has 0 N–H and O–H groups in total. The Morgan fingerprint density at radius 2 is 1.15 bits per heavy atom. The van der Waals surface area contributed by atoms with Crippen molar-refractivity contribution in [3.05, 3.63) is 169 Å². The molecular formula is C43H29N3O. The van der Waals surface area contributed by atoms with Gasteiger partial charge in [-0.2, -0.15) is 0 Å². The van der Waals surface area contributed by atoms with Crippen LogP contribution in [0.2, 0.25) is 0 Å². The number of furan rings is 1. The summed E-state index contributed by atoms with van der Waals surface area (Å²) >= 11 is 0. The first kappa shape index (κ1) is 27.2. The highest BCUT2D eigenvalue weighted by Crippen LogP contribution is 2.38. The van der Waals surface area contributed by atoms with Crippen LogP contribution in [-0.2, 0) is 6.42 Å². The fraction of sp³-hybridized carbons (Fsp3) is 0.0465. The quantitative estimate of drug-likeness (QED) is 0.196. The number of hydrogen-bond donors (Lipinski definition) is 0. The van der Waals surface area contributed by atoms with Crippen LogP contribution in [0.5, 0.6) is 0 Å². The lowest BCUT2D eigenvalue weighted by Crippen LogP contribution is -2.12. The molecule has 1 aliphatic rings. The average Bonchev–Trinajstić information content (AvgIpc) is 3.54. The monoisotopic (exact) mass is 603 g/mol. The van der Waals surface area contributed by atoms with Gasteiger partial charge in [0.1, 0.15) is 17.0 Å². The smallest absolute Gasteiger partial charge is 0.163 e. The molecule has 0 saturated carbocycles. The molecule has 1 atom stereocenters. The third kappa shape index (κ3) is 5.01. The van der Waals surface area contributed by atoms with Gasteiger partial charge in [0.05, 0.1) is 0 Å². The van der Waals surface area contributed by atoms with Gasteiger partial charge in [0.2, 0.25) is 0 Å². The molecule has 1 unspecified atom stereocenters. The van der Waals surface area contributed by atoms with Crippen molar-refractivity contribution in [2.75, 3.05) is 0 Å². The number of allylic oxidation sites excluding steroid dienone is 1. The van der Waals surface area contributed by atoms with Gasteiger partial charge in [-0.3, -0.25) is 0 Å². The van der Waals surface area contributed by atoms with E-state index in [0.29, 0.717) is 11.6 Å². The zero-order chi connectivity index (χ0) is 31.2. The van der Waals surface area contributed by atoms with E-state index >= 15 is 0 Å². The lowest BCUT2D eigenvalue weighted by atomic mass is 9.89. The van der Waals surface area contributed by atoms with Crippen molar-refractivity contribution in [2.24, 2.45) is 0 Å². The molecule has 2 aromatic heterocycles. The second kappa shape index (κ2) is 11.3. The van der Waals surface area contributed by atoms with Gasteiger partial charge in [-0.15, -0.1) is 0 Å². The van der Waals surface area contributed by atoms with Gasteiger partial charge >= 0.3 is 0 Å². The van der Waals surface area contributed by atoms with Crippen molar-refractivity contribution < 1.29 is 4.42 Å². The Hall–Kier alpha value is -6.13. The third-order valence-corrected chi connectivity index (χ3v) is 9.05. The summed E-state index contributed by atoms with van der Waals surface area (Å²) in [6, 6.07) is 50.4. The van der Waals surface area contributed by atoms with Crippen molar-refractivity contribution in [3.63, 3.8) is 0 Å². The number of rotatable bonds is 5. The molecule has 47 heavy (non-hydrogen) atoms. The van der Waals surface area contributed by atoms with Crippen molar-refractivity contribution in [3.8, 4) is 45.0 Å². The Morgan fingerprint density at radius 3 is 2.00 bits per heavy atom. The molecule has 4 heteroatoms. The normalized spacial score (nSPS) is 14.0. The number of hydrogen-bond acceptors (Lipinski definition) is 4. The Bertz CT molecular complexity index is 2460. The molecule has 4 nitrogen and oxygen atoms in total. The number of aromatic nitrogens is 3. The molecule has 0 bridgehead atoms. The molecule has 6 aromatic carbocycles. The van der Waals surface area contributed by atoms with E-state index in [2.05, 4.69) is 133 Å². The predicted octanol–water partition coefficient (Wildman–Crippen LogP) is 10.8. The minimum atomic E-state index is 0.0388. The number of fused-ring (bicyclic) bond motifs is 4. The van der Waals surface area contributed by atoms with Crippen molar-refractivity contribution >= 4 is 28.0 Å². The van der Waals surface area contributed by atoms with Crippen molar-refractivity contribution in [2.45, 2.75) is 12.3 Å². The minimum absolute atomic E-state index is 0.0388. The molecule has 1 aliphatic carbocycles. The molecule has 2 heterocycles. The Kier molecular flexibility index (Phi) is 6.57. The van der Waals surface area contributed by atoms with Crippen LogP contribution in [0.3, 0.4) is 0 Å². The molecule has 0 amide bonds. The summed E-state index contributed by atoms with van der Waals surface area (Å²) in [4.78, 5) is 15.4. The fourth-order valence-electron chi connectivity index (χ4n) is 6.71. The average molecular weight is 604 g/mol. The summed E-state index contributed by atoms with van der Waals surface area (Å²) in [6.07, 6.45) is 5.27. The van der Waals surface area contributed by atoms with E-state index < -0.39 is 0 Å². The van der Waals surface area contributed by atoms with Gasteiger partial charge in [-0.05, 0) is 64.1 Å². The van der Waals surface area contributed by atoms with E-state index in [0.717, 1.165) is 67.6 Å². The molecule has 0 spiro atoms. The van der Waals surface area contributed by atoms with Crippen LogP contribution in [0.4, 0.5) is 0 Å². The third-order valence-electron chi connectivity index (χ3n) is 9.05. The van der Waals surface area contributed by atoms with Crippen LogP contribution >= 0.6 is 0 Å². The van der Waals surface area contributed by atoms with E-state index in [9.17, 15) is 0 Å². The van der Waals surface area contributed by atoms with Crippen molar-refractivity contribution in [1.82, 2.24) is 15.0 Å². The van der Waals surface area contributed by atoms with Crippen LogP contribution < -0.4 is 0 Å². The maximum Gasteiger partial charge on any atom is 0.163 e. The zero-order valence-corrected chi connectivity index (χ0v) is 25.5. The van der Waals surface area contributed by atoms with E-state index in [4.69, 9.17) is 19.4 Å². The second-order valence-electron chi connectivity index (χ2n) is 12.0. The minimum Gasteiger partial charge on any atom is -0.456 e. The Labute approximate surface area is 272 Å². The summed E-state index contributed by atoms with van der Waals surface area (Å²) in [7, 11) is 0. The first-order chi connectivity index (χ1) is 23.3. The van der Waals surface area contributed by atoms with Crippen LogP contribution in [0, 0.1) is 0 Å². The standard InChI is InChI=1S/C43H29N3O/c1-2-11-28(12-3-1)31-15-8-17-33(25-31)41-44-42(46-43(45-41)35-24-23-29-13-4-5-14-30(29)26-35)34-18-9-16-32(27-34)36-20-10-22-39-40(36)37-19-6-7-21-38(37)47-39/h1-25,27,35H,26H2. The van der Waals surface area contributed by atoms with Crippen molar-refractivity contribution in [1.29, 1.82) is 0 Å². The molecule has 9 rings (SSSR count). The maximum absolute atomic E-state index is 6.20. The van der Waals surface area contributed by atoms with Gasteiger partial charge in [0.15, 0.2) is 11.6 Å². The van der Waals surface area contributed by atoms with Gasteiger partial charge in [0, 0.05) is 27.8 Å². The van der Waals surface area contributed by atoms with Crippen LogP contribution in [0.15, 0.2) is 156 Å². The number of benzene rings is 6. The molecule has 0 radical (unpaired) electrons. The lowest BCUT2D eigenvalue weighted by Gasteiger charge is -2.19. The fourth-order valence-corrected chi connectivity index (χ4v) is 6.71. The lowest BCUT2D eigenvalue weighted by molar-refractivity contribution is 0.669. The zero-order valence-electron chi connectivity index (χ0n) is 25.5. The SMILES string of the molecule is C1=CC(c2nc(-c3cccc(-c4ccccc4)c3)nc(-c3cccc(-c4cccc5oc6ccccc6c45)c3)n2)Cc2ccccc21. The van der Waals surface area contributed by atoms with Gasteiger partial charge in [-0.1, -0.05) is 133 Å². The van der Waals surface area contributed by atoms with Crippen LogP contribution in [0.1, 0.15) is 22.9 Å². The molecule has 0 fully saturated rings. The topological polar surface area (TPSA) is 51.8 Å². The van der Waals surface area contributed by atoms with E-state index in [-0.39, 0.29) is 5.92 Å². The summed E-state index contributed by atoms with van der Waals surface area (Å²) < 4.78 is 6.20. The predicted molar refractivity (Wildman–Crippen MR) is 191 cm³/mol. The second-order valence-corrected chi connectivity index (χ2v) is 12.0. The molecule has 0 aliphatic heterocycles. The summed E-state index contributed by atoms with van der Waals surface area (Å²) in [6.45, 7) is 0. The van der Waals surface area contributed by atoms with Gasteiger partial charge in [0.25, 0.3) is 0 Å². The molecule has 0 saturated heterocycles. The van der Waals surface area contributed by atoms with Crippen LogP contribution in [-0.4, -0.2) is 15.0 Å². The summed E-state index contributed by atoms with van der Waals surface area (Å²) in [5, 5.41) is 2.22. The van der Waals surface area contributed by atoms with E-state index in [1.165, 1.54) is 11.1 Å². The van der Waals surface area contributed by atoms with Gasteiger partial charge in [-0.25, -0.2) is 15.0 Å². The number of nitrogens with zero attached hydrogens (tertiary/aromatic N) is 3. The highest BCUT2D eigenvalue weighted by atomic mass is 16.3. The molecule has 8 aromatic rings. The Balaban J connectivity index is 1.19. The largest absolute Gasteiger partial charge is 0.456 e. The van der Waals surface area contributed by atoms with Crippen LogP contribution in [0.25, 0.3) is 73.0 Å². The summed E-state index contributed by atoms with van der Waals surface area (Å²) in [5.74, 6) is 2.14. The molecule has 222 valence electrons.